The van der Waals surface area contributed by atoms with E-state index < -0.39 is 0 Å². The number of fused-ring (bicyclic) bond motifs is 1. The Morgan fingerprint density at radius 2 is 2.27 bits per heavy atom. The van der Waals surface area contributed by atoms with Gasteiger partial charge in [-0.2, -0.15) is 11.8 Å². The molecule has 3 heteroatoms. The summed E-state index contributed by atoms with van der Waals surface area (Å²) in [6.07, 6.45) is 2.10. The number of furan rings is 1. The van der Waals surface area contributed by atoms with Crippen LogP contribution in [0.4, 0.5) is 0 Å². The molecule has 0 amide bonds. The van der Waals surface area contributed by atoms with Crippen LogP contribution in [0.5, 0.6) is 0 Å². The average Bonchev–Trinajstić information content (AvgIpc) is 2.63. The van der Waals surface area contributed by atoms with Crippen LogP contribution in [0.2, 0.25) is 5.02 Å². The van der Waals surface area contributed by atoms with Gasteiger partial charge in [-0.15, -0.1) is 0 Å². The average molecular weight is 241 g/mol. The molecular formula is C12H13ClOS. The predicted octanol–water partition coefficient (Wildman–Crippen LogP) is 4.55. The van der Waals surface area contributed by atoms with Gasteiger partial charge in [-0.3, -0.25) is 0 Å². The van der Waals surface area contributed by atoms with Crippen LogP contribution in [0, 0.1) is 0 Å². The maximum Gasteiger partial charge on any atom is 0.135 e. The molecule has 2 aromatic rings. The minimum absolute atomic E-state index is 0.434. The molecule has 1 aromatic heterocycles. The summed E-state index contributed by atoms with van der Waals surface area (Å²) < 4.78 is 5.77. The van der Waals surface area contributed by atoms with E-state index in [1.165, 1.54) is 0 Å². The summed E-state index contributed by atoms with van der Waals surface area (Å²) in [5.74, 6) is 2.52. The fourth-order valence-electron chi connectivity index (χ4n) is 1.62. The molecule has 1 aromatic carbocycles. The summed E-state index contributed by atoms with van der Waals surface area (Å²) >= 11 is 7.91. The molecule has 0 N–H and O–H groups in total. The third-order valence-corrected chi connectivity index (χ3v) is 3.59. The minimum atomic E-state index is 0.434. The van der Waals surface area contributed by atoms with Gasteiger partial charge in [-0.25, -0.2) is 0 Å². The first-order valence-electron chi connectivity index (χ1n) is 4.89. The Balaban J connectivity index is 2.43. The minimum Gasteiger partial charge on any atom is -0.461 e. The van der Waals surface area contributed by atoms with Crippen molar-refractivity contribution in [2.24, 2.45) is 0 Å². The van der Waals surface area contributed by atoms with E-state index in [4.69, 9.17) is 16.0 Å². The van der Waals surface area contributed by atoms with E-state index in [1.54, 1.807) is 0 Å². The molecule has 15 heavy (non-hydrogen) atoms. The van der Waals surface area contributed by atoms with Gasteiger partial charge in [0.05, 0.1) is 5.02 Å². The summed E-state index contributed by atoms with van der Waals surface area (Å²) in [5.41, 5.74) is 0.880. The molecule has 0 aliphatic carbocycles. The molecule has 1 nitrogen and oxygen atoms in total. The van der Waals surface area contributed by atoms with E-state index in [0.717, 1.165) is 27.5 Å². The Bertz CT molecular complexity index is 464. The fourth-order valence-corrected chi connectivity index (χ4v) is 2.50. The molecule has 0 fully saturated rings. The Labute approximate surface area is 98.8 Å². The van der Waals surface area contributed by atoms with E-state index in [9.17, 15) is 0 Å². The lowest BCUT2D eigenvalue weighted by Gasteiger charge is -2.04. The van der Waals surface area contributed by atoms with Gasteiger partial charge in [0.2, 0.25) is 0 Å². The van der Waals surface area contributed by atoms with Gasteiger partial charge < -0.3 is 4.42 Å². The topological polar surface area (TPSA) is 13.1 Å². The summed E-state index contributed by atoms with van der Waals surface area (Å²) in [7, 11) is 0. The Kier molecular flexibility index (Phi) is 3.27. The molecule has 0 aliphatic rings. The lowest BCUT2D eigenvalue weighted by molar-refractivity contribution is 0.524. The smallest absolute Gasteiger partial charge is 0.135 e. The van der Waals surface area contributed by atoms with Crippen LogP contribution in [0.1, 0.15) is 18.6 Å². The van der Waals surface area contributed by atoms with Gasteiger partial charge in [0.15, 0.2) is 0 Å². The van der Waals surface area contributed by atoms with Crippen LogP contribution in [-0.4, -0.2) is 12.0 Å². The Morgan fingerprint density at radius 3 is 2.93 bits per heavy atom. The van der Waals surface area contributed by atoms with Crippen molar-refractivity contribution in [2.45, 2.75) is 12.8 Å². The van der Waals surface area contributed by atoms with Crippen molar-refractivity contribution in [1.29, 1.82) is 0 Å². The highest BCUT2D eigenvalue weighted by atomic mass is 35.5. The van der Waals surface area contributed by atoms with Crippen molar-refractivity contribution < 1.29 is 4.42 Å². The van der Waals surface area contributed by atoms with E-state index in [1.807, 2.05) is 30.0 Å². The first kappa shape index (κ1) is 10.9. The highest BCUT2D eigenvalue weighted by molar-refractivity contribution is 7.98. The number of benzene rings is 1. The van der Waals surface area contributed by atoms with Crippen LogP contribution in [0.25, 0.3) is 11.0 Å². The summed E-state index contributed by atoms with van der Waals surface area (Å²) in [5, 5.41) is 1.78. The third kappa shape index (κ3) is 2.16. The normalized spacial score (nSPS) is 13.3. The molecule has 1 heterocycles. The monoisotopic (exact) mass is 240 g/mol. The molecule has 0 saturated carbocycles. The third-order valence-electron chi connectivity index (χ3n) is 2.43. The zero-order chi connectivity index (χ0) is 10.8. The SMILES string of the molecule is CSCC(C)c1cc2c(Cl)cccc2o1. The zero-order valence-electron chi connectivity index (χ0n) is 8.79. The Morgan fingerprint density at radius 1 is 1.47 bits per heavy atom. The number of thioether (sulfide) groups is 1. The van der Waals surface area contributed by atoms with Crippen LogP contribution >= 0.6 is 23.4 Å². The van der Waals surface area contributed by atoms with Gasteiger partial charge in [0, 0.05) is 17.1 Å². The second-order valence-corrected chi connectivity index (χ2v) is 4.97. The molecule has 0 radical (unpaired) electrons. The lowest BCUT2D eigenvalue weighted by Crippen LogP contribution is -1.93. The zero-order valence-corrected chi connectivity index (χ0v) is 10.4. The van der Waals surface area contributed by atoms with Crippen molar-refractivity contribution in [3.63, 3.8) is 0 Å². The molecule has 1 unspecified atom stereocenters. The van der Waals surface area contributed by atoms with Crippen molar-refractivity contribution in [3.8, 4) is 0 Å². The fraction of sp³-hybridized carbons (Fsp3) is 0.333. The summed E-state index contributed by atoms with van der Waals surface area (Å²) in [6, 6.07) is 7.81. The standard InChI is InChI=1S/C12H13ClOS/c1-8(7-15-2)12-6-9-10(13)4-3-5-11(9)14-12/h3-6,8H,7H2,1-2H3. The molecule has 0 saturated heterocycles. The van der Waals surface area contributed by atoms with E-state index in [-0.39, 0.29) is 0 Å². The van der Waals surface area contributed by atoms with Crippen LogP contribution < -0.4 is 0 Å². The van der Waals surface area contributed by atoms with Gasteiger partial charge >= 0.3 is 0 Å². The van der Waals surface area contributed by atoms with Gasteiger partial charge in [-0.05, 0) is 24.5 Å². The van der Waals surface area contributed by atoms with Crippen molar-refractivity contribution in [3.05, 3.63) is 35.0 Å². The Hall–Kier alpha value is -0.600. The van der Waals surface area contributed by atoms with Crippen molar-refractivity contribution >= 4 is 34.3 Å². The molecule has 0 aliphatic heterocycles. The summed E-state index contributed by atoms with van der Waals surface area (Å²) in [6.45, 7) is 2.17. The second-order valence-electron chi connectivity index (χ2n) is 3.66. The van der Waals surface area contributed by atoms with Gasteiger partial charge in [0.25, 0.3) is 0 Å². The number of halogens is 1. The van der Waals surface area contributed by atoms with E-state index in [0.29, 0.717) is 5.92 Å². The lowest BCUT2D eigenvalue weighted by atomic mass is 10.1. The highest BCUT2D eigenvalue weighted by Crippen LogP contribution is 2.30. The number of hydrogen-bond donors (Lipinski definition) is 0. The first-order valence-corrected chi connectivity index (χ1v) is 6.66. The van der Waals surface area contributed by atoms with Gasteiger partial charge in [0.1, 0.15) is 11.3 Å². The van der Waals surface area contributed by atoms with Crippen LogP contribution in [-0.2, 0) is 0 Å². The highest BCUT2D eigenvalue weighted by Gasteiger charge is 2.12. The maximum atomic E-state index is 6.09. The van der Waals surface area contributed by atoms with Crippen molar-refractivity contribution in [2.75, 3.05) is 12.0 Å². The molecular weight excluding hydrogens is 228 g/mol. The quantitative estimate of drug-likeness (QED) is 0.781. The molecule has 0 bridgehead atoms. The maximum absolute atomic E-state index is 6.09. The predicted molar refractivity (Wildman–Crippen MR) is 68.0 cm³/mol. The van der Waals surface area contributed by atoms with Gasteiger partial charge in [-0.1, -0.05) is 24.6 Å². The molecule has 0 spiro atoms. The van der Waals surface area contributed by atoms with E-state index in [2.05, 4.69) is 19.2 Å². The van der Waals surface area contributed by atoms with Crippen LogP contribution in [0.15, 0.2) is 28.7 Å². The molecule has 2 rings (SSSR count). The molecule has 80 valence electrons. The largest absolute Gasteiger partial charge is 0.461 e. The second kappa shape index (κ2) is 4.50. The number of rotatable bonds is 3. The summed E-state index contributed by atoms with van der Waals surface area (Å²) in [4.78, 5) is 0. The molecule has 1 atom stereocenters. The van der Waals surface area contributed by atoms with Crippen LogP contribution in [0.3, 0.4) is 0 Å². The first-order chi connectivity index (χ1) is 7.22. The number of hydrogen-bond acceptors (Lipinski definition) is 2. The van der Waals surface area contributed by atoms with E-state index >= 15 is 0 Å². The van der Waals surface area contributed by atoms with Crippen molar-refractivity contribution in [1.82, 2.24) is 0 Å².